The highest BCUT2D eigenvalue weighted by molar-refractivity contribution is 14.0. The summed E-state index contributed by atoms with van der Waals surface area (Å²) in [7, 11) is 3.80. The molecule has 0 spiro atoms. The van der Waals surface area contributed by atoms with Crippen LogP contribution < -0.4 is 10.1 Å². The molecule has 7 heteroatoms. The van der Waals surface area contributed by atoms with Gasteiger partial charge in [-0.05, 0) is 30.5 Å². The molecule has 1 aromatic carbocycles. The maximum atomic E-state index is 13.7. The van der Waals surface area contributed by atoms with Gasteiger partial charge in [-0.2, -0.15) is 0 Å². The van der Waals surface area contributed by atoms with Gasteiger partial charge in [0.1, 0.15) is 11.6 Å². The average Bonchev–Trinajstić information content (AvgIpc) is 2.56. The Morgan fingerprint density at radius 2 is 2.21 bits per heavy atom. The molecule has 1 aliphatic rings. The number of aliphatic imine (C=N–C) groups is 1. The zero-order valence-electron chi connectivity index (χ0n) is 14.6. The van der Waals surface area contributed by atoms with Gasteiger partial charge in [0.25, 0.3) is 0 Å². The molecule has 24 heavy (non-hydrogen) atoms. The summed E-state index contributed by atoms with van der Waals surface area (Å²) in [5.41, 5.74) is 1.64. The molecule has 2 rings (SSSR count). The summed E-state index contributed by atoms with van der Waals surface area (Å²) in [6, 6.07) is 3.01. The number of nitrogens with one attached hydrogen (secondary N) is 1. The SMILES string of the molecule is CCCCN(C)C(=NC)NCCc1cc(F)cc2c1OCOC2.I. The third kappa shape index (κ3) is 5.77. The van der Waals surface area contributed by atoms with Gasteiger partial charge < -0.3 is 19.7 Å². The monoisotopic (exact) mass is 451 g/mol. The molecule has 0 unspecified atom stereocenters. The van der Waals surface area contributed by atoms with Crippen LogP contribution in [0.3, 0.4) is 0 Å². The maximum Gasteiger partial charge on any atom is 0.193 e. The lowest BCUT2D eigenvalue weighted by Crippen LogP contribution is -2.40. The molecule has 0 atom stereocenters. The van der Waals surface area contributed by atoms with Gasteiger partial charge in [0, 0.05) is 32.7 Å². The maximum absolute atomic E-state index is 13.7. The van der Waals surface area contributed by atoms with Gasteiger partial charge in [-0.25, -0.2) is 4.39 Å². The summed E-state index contributed by atoms with van der Waals surface area (Å²) in [6.07, 6.45) is 2.94. The van der Waals surface area contributed by atoms with Crippen molar-refractivity contribution in [1.29, 1.82) is 0 Å². The van der Waals surface area contributed by atoms with E-state index < -0.39 is 0 Å². The first-order chi connectivity index (χ1) is 11.2. The molecule has 1 aromatic rings. The highest BCUT2D eigenvalue weighted by Crippen LogP contribution is 2.29. The zero-order chi connectivity index (χ0) is 16.7. The van der Waals surface area contributed by atoms with Gasteiger partial charge >= 0.3 is 0 Å². The molecule has 1 heterocycles. The molecule has 1 aliphatic heterocycles. The number of hydrogen-bond donors (Lipinski definition) is 1. The quantitative estimate of drug-likeness (QED) is 0.410. The van der Waals surface area contributed by atoms with Gasteiger partial charge in [0.05, 0.1) is 6.61 Å². The topological polar surface area (TPSA) is 46.1 Å². The summed E-state index contributed by atoms with van der Waals surface area (Å²) >= 11 is 0. The molecule has 1 N–H and O–H groups in total. The molecule has 0 amide bonds. The van der Waals surface area contributed by atoms with Crippen LogP contribution in [-0.2, 0) is 17.8 Å². The van der Waals surface area contributed by atoms with Crippen molar-refractivity contribution in [2.75, 3.05) is 34.0 Å². The number of hydrogen-bond acceptors (Lipinski definition) is 3. The molecule has 0 fully saturated rings. The van der Waals surface area contributed by atoms with Crippen molar-refractivity contribution in [2.45, 2.75) is 32.8 Å². The second-order valence-electron chi connectivity index (χ2n) is 5.66. The zero-order valence-corrected chi connectivity index (χ0v) is 16.9. The Bertz CT molecular complexity index is 555. The first-order valence-corrected chi connectivity index (χ1v) is 8.09. The van der Waals surface area contributed by atoms with Crippen LogP contribution in [0.1, 0.15) is 30.9 Å². The van der Waals surface area contributed by atoms with Crippen molar-refractivity contribution in [3.63, 3.8) is 0 Å². The van der Waals surface area contributed by atoms with E-state index in [0.29, 0.717) is 19.6 Å². The fourth-order valence-electron chi connectivity index (χ4n) is 2.64. The van der Waals surface area contributed by atoms with E-state index in [2.05, 4.69) is 22.1 Å². The molecule has 0 saturated heterocycles. The Morgan fingerprint density at radius 1 is 1.42 bits per heavy atom. The van der Waals surface area contributed by atoms with Gasteiger partial charge in [0.2, 0.25) is 0 Å². The van der Waals surface area contributed by atoms with Gasteiger partial charge in [-0.1, -0.05) is 13.3 Å². The van der Waals surface area contributed by atoms with Crippen molar-refractivity contribution in [1.82, 2.24) is 10.2 Å². The van der Waals surface area contributed by atoms with Crippen molar-refractivity contribution >= 4 is 29.9 Å². The summed E-state index contributed by atoms with van der Waals surface area (Å²) < 4.78 is 24.5. The van der Waals surface area contributed by atoms with Crippen molar-refractivity contribution in [3.05, 3.63) is 29.1 Å². The average molecular weight is 451 g/mol. The van der Waals surface area contributed by atoms with E-state index in [1.165, 1.54) is 12.1 Å². The summed E-state index contributed by atoms with van der Waals surface area (Å²) in [5, 5.41) is 3.32. The van der Waals surface area contributed by atoms with E-state index in [1.54, 1.807) is 7.05 Å². The van der Waals surface area contributed by atoms with E-state index >= 15 is 0 Å². The minimum absolute atomic E-state index is 0. The Balaban J connectivity index is 0.00000288. The van der Waals surface area contributed by atoms with Gasteiger partial charge in [-0.3, -0.25) is 4.99 Å². The van der Waals surface area contributed by atoms with Crippen molar-refractivity contribution < 1.29 is 13.9 Å². The lowest BCUT2D eigenvalue weighted by atomic mass is 10.1. The van der Waals surface area contributed by atoms with Crippen LogP contribution in [0.2, 0.25) is 0 Å². The van der Waals surface area contributed by atoms with E-state index in [1.807, 2.05) is 7.05 Å². The fraction of sp³-hybridized carbons (Fsp3) is 0.588. The Hall–Kier alpha value is -1.09. The highest BCUT2D eigenvalue weighted by atomic mass is 127. The third-order valence-corrected chi connectivity index (χ3v) is 3.85. The predicted molar refractivity (Wildman–Crippen MR) is 105 cm³/mol. The van der Waals surface area contributed by atoms with E-state index in [0.717, 1.165) is 42.2 Å². The fourth-order valence-corrected chi connectivity index (χ4v) is 2.64. The largest absolute Gasteiger partial charge is 0.467 e. The first-order valence-electron chi connectivity index (χ1n) is 8.09. The minimum Gasteiger partial charge on any atom is -0.467 e. The van der Waals surface area contributed by atoms with Crippen molar-refractivity contribution in [3.8, 4) is 5.75 Å². The molecular formula is C17H27FIN3O2. The van der Waals surface area contributed by atoms with Crippen LogP contribution >= 0.6 is 24.0 Å². The number of guanidine groups is 1. The number of rotatable bonds is 6. The lowest BCUT2D eigenvalue weighted by Gasteiger charge is -2.23. The molecule has 0 aromatic heterocycles. The van der Waals surface area contributed by atoms with E-state index in [4.69, 9.17) is 9.47 Å². The Labute approximate surface area is 160 Å². The minimum atomic E-state index is -0.253. The van der Waals surface area contributed by atoms with Crippen LogP contribution in [0, 0.1) is 5.82 Å². The van der Waals surface area contributed by atoms with Crippen LogP contribution in [0.25, 0.3) is 0 Å². The summed E-state index contributed by atoms with van der Waals surface area (Å²) in [5.74, 6) is 1.36. The number of fused-ring (bicyclic) bond motifs is 1. The standard InChI is InChI=1S/C17H26FN3O2.HI/c1-4-5-8-21(3)17(19-2)20-7-6-13-9-15(18)10-14-11-22-12-23-16(13)14;/h9-10H,4-8,11-12H2,1-3H3,(H,19,20);1H. The second-order valence-corrected chi connectivity index (χ2v) is 5.66. The number of nitrogens with zero attached hydrogens (tertiary/aromatic N) is 2. The molecule has 5 nitrogen and oxygen atoms in total. The Kier molecular flexibility index (Phi) is 9.35. The van der Waals surface area contributed by atoms with Crippen LogP contribution in [0.5, 0.6) is 5.75 Å². The van der Waals surface area contributed by atoms with E-state index in [-0.39, 0.29) is 36.6 Å². The molecule has 136 valence electrons. The highest BCUT2D eigenvalue weighted by Gasteiger charge is 2.17. The first kappa shape index (κ1) is 21.0. The van der Waals surface area contributed by atoms with Crippen LogP contribution in [-0.4, -0.2) is 44.8 Å². The molecule has 0 radical (unpaired) electrons. The molecule has 0 aliphatic carbocycles. The molecular weight excluding hydrogens is 424 g/mol. The number of ether oxygens (including phenoxy) is 2. The Morgan fingerprint density at radius 3 is 2.92 bits per heavy atom. The van der Waals surface area contributed by atoms with E-state index in [9.17, 15) is 4.39 Å². The summed E-state index contributed by atoms with van der Waals surface area (Å²) in [4.78, 5) is 6.39. The summed E-state index contributed by atoms with van der Waals surface area (Å²) in [6.45, 7) is 4.42. The van der Waals surface area contributed by atoms with Crippen LogP contribution in [0.4, 0.5) is 4.39 Å². The molecule has 0 saturated carbocycles. The normalized spacial score (nSPS) is 13.6. The lowest BCUT2D eigenvalue weighted by molar-refractivity contribution is -0.0172. The molecule has 0 bridgehead atoms. The van der Waals surface area contributed by atoms with Crippen molar-refractivity contribution in [2.24, 2.45) is 4.99 Å². The third-order valence-electron chi connectivity index (χ3n) is 3.85. The van der Waals surface area contributed by atoms with Crippen LogP contribution in [0.15, 0.2) is 17.1 Å². The smallest absolute Gasteiger partial charge is 0.193 e. The second kappa shape index (κ2) is 10.7. The number of halogens is 2. The predicted octanol–water partition coefficient (Wildman–Crippen LogP) is 3.16. The van der Waals surface area contributed by atoms with Gasteiger partial charge in [-0.15, -0.1) is 24.0 Å². The van der Waals surface area contributed by atoms with Gasteiger partial charge in [0.15, 0.2) is 12.8 Å². The number of unbranched alkanes of at least 4 members (excludes halogenated alkanes) is 1. The number of benzene rings is 1.